The fraction of sp³-hybridized carbons (Fsp3) is 0.500. The summed E-state index contributed by atoms with van der Waals surface area (Å²) in [4.78, 5) is 34.0. The Labute approximate surface area is 211 Å². The summed E-state index contributed by atoms with van der Waals surface area (Å²) in [5.41, 5.74) is 0.727. The van der Waals surface area contributed by atoms with Gasteiger partial charge in [-0.25, -0.2) is 4.98 Å². The van der Waals surface area contributed by atoms with Crippen LogP contribution in [0.3, 0.4) is 0 Å². The molecule has 0 bridgehead atoms. The Morgan fingerprint density at radius 3 is 2.69 bits per heavy atom. The van der Waals surface area contributed by atoms with Crippen molar-refractivity contribution in [2.24, 2.45) is 11.8 Å². The van der Waals surface area contributed by atoms with Crippen LogP contribution < -0.4 is 15.5 Å². The van der Waals surface area contributed by atoms with Crippen LogP contribution in [0.1, 0.15) is 43.1 Å². The summed E-state index contributed by atoms with van der Waals surface area (Å²) in [6.45, 7) is 7.24. The molecule has 35 heavy (non-hydrogen) atoms. The van der Waals surface area contributed by atoms with Gasteiger partial charge in [-0.3, -0.25) is 14.9 Å². The van der Waals surface area contributed by atoms with E-state index in [1.807, 2.05) is 56.1 Å². The molecule has 8 nitrogen and oxygen atoms in total. The summed E-state index contributed by atoms with van der Waals surface area (Å²) in [6, 6.07) is 12.1. The Morgan fingerprint density at radius 1 is 1.34 bits per heavy atom. The third kappa shape index (κ3) is 5.94. The first kappa shape index (κ1) is 25.4. The number of carbonyl (C=O) groups excluding carboxylic acids is 2. The fourth-order valence-electron chi connectivity index (χ4n) is 4.59. The number of nitrogens with one attached hydrogen (secondary N) is 2. The van der Waals surface area contributed by atoms with Gasteiger partial charge in [0.05, 0.1) is 11.8 Å². The largest absolute Gasteiger partial charge is 0.389 e. The molecule has 3 N–H and O–H groups in total. The van der Waals surface area contributed by atoms with Crippen LogP contribution in [0.4, 0.5) is 5.82 Å². The molecule has 0 spiro atoms. The summed E-state index contributed by atoms with van der Waals surface area (Å²) >= 11 is 6.19. The Morgan fingerprint density at radius 2 is 2.03 bits per heavy atom. The van der Waals surface area contributed by atoms with Crippen LogP contribution in [0.2, 0.25) is 5.15 Å². The monoisotopic (exact) mass is 499 g/mol. The lowest BCUT2D eigenvalue weighted by Gasteiger charge is -2.31. The van der Waals surface area contributed by atoms with Crippen molar-refractivity contribution >= 4 is 29.2 Å². The predicted octanol–water partition coefficient (Wildman–Crippen LogP) is 2.65. The topological polar surface area (TPSA) is 97.8 Å². The first-order valence-electron chi connectivity index (χ1n) is 12.0. The number of hydrogen-bond donors (Lipinski definition) is 3. The maximum atomic E-state index is 13.1. The maximum Gasteiger partial charge on any atom is 0.251 e. The molecule has 2 unspecified atom stereocenters. The Bertz CT molecular complexity index is 1080. The number of nitrogens with zero attached hydrogens (tertiary/aromatic N) is 3. The van der Waals surface area contributed by atoms with Crippen LogP contribution in [-0.2, 0) is 11.3 Å². The number of carbonyl (C=O) groups is 2. The Kier molecular flexibility index (Phi) is 7.35. The zero-order chi connectivity index (χ0) is 25.3. The van der Waals surface area contributed by atoms with Gasteiger partial charge >= 0.3 is 0 Å². The van der Waals surface area contributed by atoms with Crippen LogP contribution >= 0.6 is 11.6 Å². The summed E-state index contributed by atoms with van der Waals surface area (Å²) < 4.78 is 0. The fourth-order valence-corrected chi connectivity index (χ4v) is 4.80. The highest BCUT2D eigenvalue weighted by Gasteiger charge is 2.47. The highest BCUT2D eigenvalue weighted by atomic mass is 35.5. The quantitative estimate of drug-likeness (QED) is 0.459. The Hall–Kier alpha value is -2.68. The van der Waals surface area contributed by atoms with Crippen molar-refractivity contribution in [1.29, 1.82) is 0 Å². The second-order valence-corrected chi connectivity index (χ2v) is 10.6. The van der Waals surface area contributed by atoms with Crippen LogP contribution in [-0.4, -0.2) is 64.8 Å². The van der Waals surface area contributed by atoms with Gasteiger partial charge in [0.25, 0.3) is 5.91 Å². The number of benzene rings is 1. The number of aliphatic hydroxyl groups excluding tert-OH is 1. The molecule has 2 aliphatic rings. The predicted molar refractivity (Wildman–Crippen MR) is 136 cm³/mol. The van der Waals surface area contributed by atoms with E-state index in [0.29, 0.717) is 29.8 Å². The van der Waals surface area contributed by atoms with Crippen molar-refractivity contribution in [1.82, 2.24) is 20.5 Å². The molecule has 1 aliphatic carbocycles. The van der Waals surface area contributed by atoms with Crippen LogP contribution in [0, 0.1) is 11.8 Å². The molecular weight excluding hydrogens is 466 g/mol. The van der Waals surface area contributed by atoms with E-state index in [-0.39, 0.29) is 23.5 Å². The minimum absolute atomic E-state index is 0.0812. The van der Waals surface area contributed by atoms with E-state index < -0.39 is 17.8 Å². The maximum absolute atomic E-state index is 13.1. The summed E-state index contributed by atoms with van der Waals surface area (Å²) in [6.07, 6.45) is 0.103. The second kappa shape index (κ2) is 10.1. The standard InChI is InChI=1S/C26H34ClN5O3/c1-16-10-19(16)15-31(4)22-12-18(11-21(27)29-22)24(34)28-13-20(33)23-25(35)32(26(2,3)30-23)14-17-8-6-5-7-9-17/h5-9,11-12,16,19-20,23,30,33H,10,13-15H2,1-4H3,(H,28,34)/t16-,19+,20?,23?/m0/s1. The minimum Gasteiger partial charge on any atom is -0.389 e. The molecular formula is C26H34ClN5O3. The van der Waals surface area contributed by atoms with Gasteiger partial charge in [0.15, 0.2) is 0 Å². The molecule has 1 aromatic carbocycles. The van der Waals surface area contributed by atoms with E-state index in [4.69, 9.17) is 11.6 Å². The molecule has 1 aromatic heterocycles. The van der Waals surface area contributed by atoms with E-state index in [1.54, 1.807) is 11.0 Å². The van der Waals surface area contributed by atoms with E-state index >= 15 is 0 Å². The van der Waals surface area contributed by atoms with Crippen molar-refractivity contribution in [3.63, 3.8) is 0 Å². The van der Waals surface area contributed by atoms with Crippen LogP contribution in [0.15, 0.2) is 42.5 Å². The number of anilines is 1. The van der Waals surface area contributed by atoms with Crippen molar-refractivity contribution in [2.45, 2.75) is 51.5 Å². The van der Waals surface area contributed by atoms with Crippen molar-refractivity contribution in [3.05, 3.63) is 58.7 Å². The number of halogens is 1. The molecule has 2 heterocycles. The van der Waals surface area contributed by atoms with Gasteiger partial charge in [0, 0.05) is 32.2 Å². The minimum atomic E-state index is -1.10. The molecule has 2 amide bonds. The average molecular weight is 500 g/mol. The van der Waals surface area contributed by atoms with Crippen molar-refractivity contribution < 1.29 is 14.7 Å². The Balaban J connectivity index is 1.37. The smallest absolute Gasteiger partial charge is 0.251 e. The molecule has 4 rings (SSSR count). The zero-order valence-corrected chi connectivity index (χ0v) is 21.4. The highest BCUT2D eigenvalue weighted by molar-refractivity contribution is 6.29. The number of amides is 2. The molecule has 9 heteroatoms. The van der Waals surface area contributed by atoms with Gasteiger partial charge < -0.3 is 20.2 Å². The molecule has 2 aromatic rings. The summed E-state index contributed by atoms with van der Waals surface area (Å²) in [5.74, 6) is 1.39. The normalized spacial score (nSPS) is 23.8. The van der Waals surface area contributed by atoms with Crippen LogP contribution in [0.5, 0.6) is 0 Å². The number of aromatic nitrogens is 1. The second-order valence-electron chi connectivity index (χ2n) is 10.3. The number of aliphatic hydroxyl groups is 1. The number of rotatable bonds is 9. The average Bonchev–Trinajstić information content (AvgIpc) is 3.46. The van der Waals surface area contributed by atoms with Gasteiger partial charge in [0.1, 0.15) is 17.0 Å². The number of pyridine rings is 1. The molecule has 1 aliphatic heterocycles. The lowest BCUT2D eigenvalue weighted by Crippen LogP contribution is -2.50. The van der Waals surface area contributed by atoms with Gasteiger partial charge in [-0.1, -0.05) is 48.9 Å². The summed E-state index contributed by atoms with van der Waals surface area (Å²) in [7, 11) is 1.94. The van der Waals surface area contributed by atoms with Crippen molar-refractivity contribution in [3.8, 4) is 0 Å². The lowest BCUT2D eigenvalue weighted by atomic mass is 10.1. The molecule has 1 saturated carbocycles. The molecule has 0 radical (unpaired) electrons. The number of hydrogen-bond acceptors (Lipinski definition) is 6. The van der Waals surface area contributed by atoms with Gasteiger partial charge in [-0.05, 0) is 49.8 Å². The first-order valence-corrected chi connectivity index (χ1v) is 12.4. The van der Waals surface area contributed by atoms with E-state index in [0.717, 1.165) is 12.1 Å². The van der Waals surface area contributed by atoms with Gasteiger partial charge in [-0.15, -0.1) is 0 Å². The third-order valence-electron chi connectivity index (χ3n) is 6.97. The van der Waals surface area contributed by atoms with Gasteiger partial charge in [-0.2, -0.15) is 0 Å². The van der Waals surface area contributed by atoms with E-state index in [1.165, 1.54) is 12.5 Å². The summed E-state index contributed by atoms with van der Waals surface area (Å²) in [5, 5.41) is 17.0. The molecule has 188 valence electrons. The zero-order valence-electron chi connectivity index (χ0n) is 20.7. The lowest BCUT2D eigenvalue weighted by molar-refractivity contribution is -0.133. The third-order valence-corrected chi connectivity index (χ3v) is 7.17. The van der Waals surface area contributed by atoms with Crippen LogP contribution in [0.25, 0.3) is 0 Å². The first-order chi connectivity index (χ1) is 16.5. The molecule has 4 atom stereocenters. The van der Waals surface area contributed by atoms with E-state index in [2.05, 4.69) is 22.5 Å². The van der Waals surface area contributed by atoms with Gasteiger partial charge in [0.2, 0.25) is 5.91 Å². The highest BCUT2D eigenvalue weighted by Crippen LogP contribution is 2.38. The SMILES string of the molecule is C[C@H]1C[C@@H]1CN(C)c1cc(C(=O)NCC(O)C2NC(C)(C)N(Cc3ccccc3)C2=O)cc(Cl)n1. The molecule has 1 saturated heterocycles. The van der Waals surface area contributed by atoms with E-state index in [9.17, 15) is 14.7 Å². The van der Waals surface area contributed by atoms with Crippen molar-refractivity contribution in [2.75, 3.05) is 25.0 Å². The molecule has 2 fully saturated rings.